The first-order valence-electron chi connectivity index (χ1n) is 8.30. The van der Waals surface area contributed by atoms with Crippen LogP contribution >= 0.6 is 12.4 Å². The second-order valence-electron chi connectivity index (χ2n) is 6.16. The van der Waals surface area contributed by atoms with Crippen LogP contribution in [0.5, 0.6) is 0 Å². The predicted molar refractivity (Wildman–Crippen MR) is 101 cm³/mol. The average molecular weight is 390 g/mol. The molecule has 27 heavy (non-hydrogen) atoms. The van der Waals surface area contributed by atoms with E-state index in [1.54, 1.807) is 36.1 Å². The summed E-state index contributed by atoms with van der Waals surface area (Å²) >= 11 is 0. The minimum atomic E-state index is -0.976. The van der Waals surface area contributed by atoms with Crippen molar-refractivity contribution >= 4 is 30.2 Å². The summed E-state index contributed by atoms with van der Waals surface area (Å²) in [6, 6.07) is 6.64. The first-order valence-corrected chi connectivity index (χ1v) is 8.30. The number of rotatable bonds is 5. The van der Waals surface area contributed by atoms with Gasteiger partial charge in [0.15, 0.2) is 0 Å². The fourth-order valence-corrected chi connectivity index (χ4v) is 3.14. The summed E-state index contributed by atoms with van der Waals surface area (Å²) in [5.41, 5.74) is 3.11. The van der Waals surface area contributed by atoms with Crippen LogP contribution in [0.2, 0.25) is 0 Å². The number of nitrogens with zero attached hydrogens (tertiary/aromatic N) is 2. The van der Waals surface area contributed by atoms with E-state index in [-0.39, 0.29) is 35.5 Å². The molecule has 2 heterocycles. The predicted octanol–water partition coefficient (Wildman–Crippen LogP) is 2.42. The third-order valence-electron chi connectivity index (χ3n) is 4.37. The molecule has 8 heteroatoms. The Hall–Kier alpha value is -2.93. The molecule has 0 atom stereocenters. The Morgan fingerprint density at radius 3 is 2.67 bits per heavy atom. The Labute approximate surface area is 162 Å². The standard InChI is InChI=1S/C19H19N3O4.ClH/c1-3-20-17(23)16-15-10-22(18(24)14(15)6-7-21-16)9-12-4-5-13(19(25)26)11(2)8-12;/h4-8H,3,9-10H2,1-2H3,(H,20,23)(H,25,26);1H. The molecular weight excluding hydrogens is 370 g/mol. The molecule has 1 aliphatic heterocycles. The Morgan fingerprint density at radius 2 is 2.04 bits per heavy atom. The number of carboxylic acids is 1. The van der Waals surface area contributed by atoms with Gasteiger partial charge in [-0.1, -0.05) is 12.1 Å². The highest BCUT2D eigenvalue weighted by atomic mass is 35.5. The Bertz CT molecular complexity index is 914. The lowest BCUT2D eigenvalue weighted by Crippen LogP contribution is -2.25. The lowest BCUT2D eigenvalue weighted by Gasteiger charge is -2.16. The van der Waals surface area contributed by atoms with Crippen molar-refractivity contribution < 1.29 is 19.5 Å². The lowest BCUT2D eigenvalue weighted by molar-refractivity contribution is 0.0694. The van der Waals surface area contributed by atoms with Crippen LogP contribution in [0.3, 0.4) is 0 Å². The molecule has 1 aromatic heterocycles. The summed E-state index contributed by atoms with van der Waals surface area (Å²) in [7, 11) is 0. The molecule has 1 aliphatic rings. The molecule has 2 amide bonds. The number of carboxylic acid groups (broad SMARTS) is 1. The highest BCUT2D eigenvalue weighted by Crippen LogP contribution is 2.26. The van der Waals surface area contributed by atoms with Gasteiger partial charge in [0.25, 0.3) is 11.8 Å². The smallest absolute Gasteiger partial charge is 0.335 e. The second kappa shape index (κ2) is 8.18. The first kappa shape index (κ1) is 20.4. The van der Waals surface area contributed by atoms with Crippen molar-refractivity contribution in [1.29, 1.82) is 0 Å². The van der Waals surface area contributed by atoms with Crippen LogP contribution < -0.4 is 5.32 Å². The summed E-state index contributed by atoms with van der Waals surface area (Å²) in [4.78, 5) is 41.7. The molecule has 3 rings (SSSR count). The number of aryl methyl sites for hydroxylation is 1. The Kier molecular flexibility index (Phi) is 6.17. The van der Waals surface area contributed by atoms with Crippen molar-refractivity contribution in [2.45, 2.75) is 26.9 Å². The van der Waals surface area contributed by atoms with Crippen LogP contribution in [-0.2, 0) is 13.1 Å². The maximum Gasteiger partial charge on any atom is 0.335 e. The summed E-state index contributed by atoms with van der Waals surface area (Å²) in [6.45, 7) is 4.67. The van der Waals surface area contributed by atoms with E-state index >= 15 is 0 Å². The molecule has 142 valence electrons. The van der Waals surface area contributed by atoms with Crippen LogP contribution in [-0.4, -0.2) is 39.3 Å². The Balaban J connectivity index is 0.00000261. The fourth-order valence-electron chi connectivity index (χ4n) is 3.14. The zero-order valence-electron chi connectivity index (χ0n) is 15.0. The third-order valence-corrected chi connectivity index (χ3v) is 4.37. The molecule has 7 nitrogen and oxygen atoms in total. The van der Waals surface area contributed by atoms with Gasteiger partial charge in [0, 0.05) is 37.0 Å². The van der Waals surface area contributed by atoms with E-state index in [0.29, 0.717) is 36.3 Å². The van der Waals surface area contributed by atoms with Gasteiger partial charge in [-0.2, -0.15) is 0 Å². The van der Waals surface area contributed by atoms with Crippen molar-refractivity contribution in [3.63, 3.8) is 0 Å². The van der Waals surface area contributed by atoms with E-state index in [0.717, 1.165) is 5.56 Å². The van der Waals surface area contributed by atoms with E-state index in [4.69, 9.17) is 5.11 Å². The fraction of sp³-hybridized carbons (Fsp3) is 0.263. The molecule has 1 aromatic carbocycles. The number of aromatic nitrogens is 1. The van der Waals surface area contributed by atoms with Crippen molar-refractivity contribution in [3.8, 4) is 0 Å². The quantitative estimate of drug-likeness (QED) is 0.818. The number of amides is 2. The molecule has 0 fully saturated rings. The van der Waals surface area contributed by atoms with Gasteiger partial charge in [0.05, 0.1) is 5.56 Å². The molecule has 0 radical (unpaired) electrons. The highest BCUT2D eigenvalue weighted by molar-refractivity contribution is 6.03. The number of carbonyl (C=O) groups is 3. The minimum Gasteiger partial charge on any atom is -0.478 e. The lowest BCUT2D eigenvalue weighted by atomic mass is 10.0. The minimum absolute atomic E-state index is 0. The summed E-state index contributed by atoms with van der Waals surface area (Å²) in [6.07, 6.45) is 1.47. The van der Waals surface area contributed by atoms with E-state index in [1.807, 2.05) is 6.92 Å². The molecule has 0 saturated heterocycles. The van der Waals surface area contributed by atoms with Crippen molar-refractivity contribution in [2.75, 3.05) is 6.54 Å². The van der Waals surface area contributed by atoms with Crippen molar-refractivity contribution in [3.05, 3.63) is 64.0 Å². The number of nitrogens with one attached hydrogen (secondary N) is 1. The number of aromatic carboxylic acids is 1. The average Bonchev–Trinajstić information content (AvgIpc) is 2.91. The van der Waals surface area contributed by atoms with Crippen LogP contribution in [0, 0.1) is 6.92 Å². The largest absolute Gasteiger partial charge is 0.478 e. The van der Waals surface area contributed by atoms with Crippen LogP contribution in [0.1, 0.15) is 54.8 Å². The number of benzene rings is 1. The molecule has 0 spiro atoms. The second-order valence-corrected chi connectivity index (χ2v) is 6.16. The number of halogens is 1. The molecule has 0 aliphatic carbocycles. The monoisotopic (exact) mass is 389 g/mol. The third kappa shape index (κ3) is 3.93. The van der Waals surface area contributed by atoms with Crippen molar-refractivity contribution in [2.24, 2.45) is 0 Å². The zero-order chi connectivity index (χ0) is 18.8. The molecule has 0 bridgehead atoms. The van der Waals surface area contributed by atoms with Gasteiger partial charge in [0.2, 0.25) is 0 Å². The summed E-state index contributed by atoms with van der Waals surface area (Å²) in [5.74, 6) is -1.43. The van der Waals surface area contributed by atoms with Crippen LogP contribution in [0.25, 0.3) is 0 Å². The number of hydrogen-bond acceptors (Lipinski definition) is 4. The number of fused-ring (bicyclic) bond motifs is 1. The maximum absolute atomic E-state index is 12.7. The molecule has 2 aromatic rings. The van der Waals surface area contributed by atoms with E-state index in [2.05, 4.69) is 10.3 Å². The topological polar surface area (TPSA) is 99.6 Å². The first-order chi connectivity index (χ1) is 12.4. The van der Waals surface area contributed by atoms with Gasteiger partial charge < -0.3 is 15.3 Å². The summed E-state index contributed by atoms with van der Waals surface area (Å²) in [5, 5.41) is 11.8. The molecule has 2 N–H and O–H groups in total. The van der Waals surface area contributed by atoms with Gasteiger partial charge in [-0.25, -0.2) is 4.79 Å². The normalized spacial score (nSPS) is 12.4. The molecule has 0 saturated carbocycles. The van der Waals surface area contributed by atoms with Gasteiger partial charge in [0.1, 0.15) is 5.69 Å². The highest BCUT2D eigenvalue weighted by Gasteiger charge is 2.31. The Morgan fingerprint density at radius 1 is 1.30 bits per heavy atom. The van der Waals surface area contributed by atoms with Crippen LogP contribution in [0.4, 0.5) is 0 Å². The van der Waals surface area contributed by atoms with Gasteiger partial charge >= 0.3 is 5.97 Å². The van der Waals surface area contributed by atoms with Gasteiger partial charge in [-0.05, 0) is 37.1 Å². The van der Waals surface area contributed by atoms with E-state index in [9.17, 15) is 14.4 Å². The SMILES string of the molecule is CCNC(=O)c1nccc2c1CN(Cc1ccc(C(=O)O)c(C)c1)C2=O.Cl. The zero-order valence-corrected chi connectivity index (χ0v) is 15.8. The van der Waals surface area contributed by atoms with Gasteiger partial charge in [-0.15, -0.1) is 12.4 Å². The van der Waals surface area contributed by atoms with E-state index in [1.165, 1.54) is 6.20 Å². The molecule has 0 unspecified atom stereocenters. The maximum atomic E-state index is 12.7. The van der Waals surface area contributed by atoms with Gasteiger partial charge in [-0.3, -0.25) is 14.6 Å². The number of pyridine rings is 1. The molecular formula is C19H20ClN3O4. The van der Waals surface area contributed by atoms with Crippen molar-refractivity contribution in [1.82, 2.24) is 15.2 Å². The van der Waals surface area contributed by atoms with Crippen LogP contribution in [0.15, 0.2) is 30.5 Å². The number of carbonyl (C=O) groups excluding carboxylic acids is 2. The summed E-state index contributed by atoms with van der Waals surface area (Å²) < 4.78 is 0. The number of hydrogen-bond donors (Lipinski definition) is 2. The van der Waals surface area contributed by atoms with E-state index < -0.39 is 5.97 Å².